The van der Waals surface area contributed by atoms with Gasteiger partial charge in [-0.15, -0.1) is 0 Å². The summed E-state index contributed by atoms with van der Waals surface area (Å²) in [4.78, 5) is 0. The van der Waals surface area contributed by atoms with E-state index in [-0.39, 0.29) is 6.04 Å². The first kappa shape index (κ1) is 9.99. The summed E-state index contributed by atoms with van der Waals surface area (Å²) in [5.74, 6) is 0.978. The maximum absolute atomic E-state index is 5.32. The predicted octanol–water partition coefficient (Wildman–Crippen LogP) is 3.13. The fourth-order valence-electron chi connectivity index (χ4n) is 1.51. The summed E-state index contributed by atoms with van der Waals surface area (Å²) in [6.07, 6.45) is 1.70. The minimum atomic E-state index is 0.250. The topological polar surface area (TPSA) is 25.2 Å². The van der Waals surface area contributed by atoms with Crippen LogP contribution in [0, 0.1) is 0 Å². The second-order valence-corrected chi connectivity index (χ2v) is 3.60. The number of furan rings is 1. The monoisotopic (exact) mass is 201 g/mol. The molecule has 0 spiro atoms. The molecule has 0 aliphatic rings. The smallest absolute Gasteiger partial charge is 0.120 e. The third-order valence-electron chi connectivity index (χ3n) is 2.43. The van der Waals surface area contributed by atoms with Crippen LogP contribution in [0.2, 0.25) is 0 Å². The highest BCUT2D eigenvalue weighted by Gasteiger charge is 2.06. The second kappa shape index (κ2) is 4.80. The quantitative estimate of drug-likeness (QED) is 0.822. The van der Waals surface area contributed by atoms with Crippen LogP contribution in [0.4, 0.5) is 0 Å². The Morgan fingerprint density at radius 2 is 1.93 bits per heavy atom. The van der Waals surface area contributed by atoms with Crippen molar-refractivity contribution < 1.29 is 4.42 Å². The molecule has 2 nitrogen and oxygen atoms in total. The summed E-state index contributed by atoms with van der Waals surface area (Å²) >= 11 is 0. The Balaban J connectivity index is 1.89. The van der Waals surface area contributed by atoms with Crippen LogP contribution in [0.3, 0.4) is 0 Å². The molecule has 78 valence electrons. The summed E-state index contributed by atoms with van der Waals surface area (Å²) in [5, 5.41) is 3.41. The SMILES string of the molecule is CC(NCc1ccccc1)c1ccco1. The maximum Gasteiger partial charge on any atom is 0.120 e. The van der Waals surface area contributed by atoms with Crippen LogP contribution in [0.5, 0.6) is 0 Å². The first-order valence-corrected chi connectivity index (χ1v) is 5.17. The Morgan fingerprint density at radius 3 is 2.60 bits per heavy atom. The van der Waals surface area contributed by atoms with Crippen molar-refractivity contribution in [3.05, 3.63) is 60.1 Å². The predicted molar refractivity (Wildman–Crippen MR) is 60.4 cm³/mol. The van der Waals surface area contributed by atoms with E-state index in [1.165, 1.54) is 5.56 Å². The van der Waals surface area contributed by atoms with Gasteiger partial charge in [0.25, 0.3) is 0 Å². The molecule has 0 radical (unpaired) electrons. The fraction of sp³-hybridized carbons (Fsp3) is 0.231. The molecule has 0 saturated heterocycles. The van der Waals surface area contributed by atoms with Crippen molar-refractivity contribution in [3.8, 4) is 0 Å². The zero-order valence-electron chi connectivity index (χ0n) is 8.81. The van der Waals surface area contributed by atoms with E-state index in [2.05, 4.69) is 36.5 Å². The lowest BCUT2D eigenvalue weighted by Crippen LogP contribution is -2.17. The van der Waals surface area contributed by atoms with Crippen molar-refractivity contribution in [2.45, 2.75) is 19.5 Å². The standard InChI is InChI=1S/C13H15NO/c1-11(13-8-5-9-15-13)14-10-12-6-3-2-4-7-12/h2-9,11,14H,10H2,1H3. The lowest BCUT2D eigenvalue weighted by molar-refractivity contribution is 0.430. The summed E-state index contributed by atoms with van der Waals surface area (Å²) in [7, 11) is 0. The maximum atomic E-state index is 5.32. The molecular formula is C13H15NO. The van der Waals surface area contributed by atoms with Gasteiger partial charge in [0.05, 0.1) is 12.3 Å². The van der Waals surface area contributed by atoms with Gasteiger partial charge < -0.3 is 9.73 Å². The highest BCUT2D eigenvalue weighted by molar-refractivity contribution is 5.14. The number of rotatable bonds is 4. The molecule has 0 bridgehead atoms. The molecule has 1 heterocycles. The van der Waals surface area contributed by atoms with E-state index in [9.17, 15) is 0 Å². The first-order chi connectivity index (χ1) is 7.36. The summed E-state index contributed by atoms with van der Waals surface area (Å²) < 4.78 is 5.32. The van der Waals surface area contributed by atoms with Crippen LogP contribution in [0.1, 0.15) is 24.3 Å². The van der Waals surface area contributed by atoms with E-state index in [0.717, 1.165) is 12.3 Å². The van der Waals surface area contributed by atoms with Crippen molar-refractivity contribution in [2.24, 2.45) is 0 Å². The molecule has 1 aromatic heterocycles. The zero-order chi connectivity index (χ0) is 10.5. The zero-order valence-corrected chi connectivity index (χ0v) is 8.81. The van der Waals surface area contributed by atoms with Gasteiger partial charge in [-0.25, -0.2) is 0 Å². The molecule has 2 heteroatoms. The van der Waals surface area contributed by atoms with Gasteiger partial charge in [-0.2, -0.15) is 0 Å². The number of benzene rings is 1. The molecular weight excluding hydrogens is 186 g/mol. The Kier molecular flexibility index (Phi) is 3.20. The van der Waals surface area contributed by atoms with Crippen molar-refractivity contribution >= 4 is 0 Å². The Bertz CT molecular complexity index is 380. The van der Waals surface area contributed by atoms with E-state index in [4.69, 9.17) is 4.42 Å². The number of hydrogen-bond acceptors (Lipinski definition) is 2. The minimum absolute atomic E-state index is 0.250. The van der Waals surface area contributed by atoms with Crippen molar-refractivity contribution in [1.29, 1.82) is 0 Å². The Morgan fingerprint density at radius 1 is 1.13 bits per heavy atom. The van der Waals surface area contributed by atoms with Gasteiger partial charge >= 0.3 is 0 Å². The van der Waals surface area contributed by atoms with Crippen LogP contribution < -0.4 is 5.32 Å². The van der Waals surface area contributed by atoms with Crippen LogP contribution in [-0.4, -0.2) is 0 Å². The number of nitrogens with one attached hydrogen (secondary N) is 1. The molecule has 1 atom stereocenters. The highest BCUT2D eigenvalue weighted by Crippen LogP contribution is 2.12. The molecule has 1 unspecified atom stereocenters. The van der Waals surface area contributed by atoms with Crippen LogP contribution in [0.15, 0.2) is 53.1 Å². The summed E-state index contributed by atoms with van der Waals surface area (Å²) in [5.41, 5.74) is 1.29. The van der Waals surface area contributed by atoms with Crippen LogP contribution >= 0.6 is 0 Å². The molecule has 1 N–H and O–H groups in total. The first-order valence-electron chi connectivity index (χ1n) is 5.17. The van der Waals surface area contributed by atoms with Gasteiger partial charge in [-0.1, -0.05) is 30.3 Å². The molecule has 2 aromatic rings. The van der Waals surface area contributed by atoms with Gasteiger partial charge in [-0.3, -0.25) is 0 Å². The van der Waals surface area contributed by atoms with Crippen molar-refractivity contribution in [1.82, 2.24) is 5.32 Å². The highest BCUT2D eigenvalue weighted by atomic mass is 16.3. The normalized spacial score (nSPS) is 12.6. The summed E-state index contributed by atoms with van der Waals surface area (Å²) in [6, 6.07) is 14.5. The molecule has 0 aliphatic heterocycles. The van der Waals surface area contributed by atoms with Gasteiger partial charge in [0.2, 0.25) is 0 Å². The molecule has 2 rings (SSSR count). The number of hydrogen-bond donors (Lipinski definition) is 1. The van der Waals surface area contributed by atoms with E-state index in [1.807, 2.05) is 18.2 Å². The average Bonchev–Trinajstić information content (AvgIpc) is 2.81. The lowest BCUT2D eigenvalue weighted by Gasteiger charge is -2.10. The molecule has 0 saturated carbocycles. The minimum Gasteiger partial charge on any atom is -0.468 e. The molecule has 0 aliphatic carbocycles. The van der Waals surface area contributed by atoms with Crippen molar-refractivity contribution in [3.63, 3.8) is 0 Å². The molecule has 1 aromatic carbocycles. The van der Waals surface area contributed by atoms with Crippen molar-refractivity contribution in [2.75, 3.05) is 0 Å². The van der Waals surface area contributed by atoms with Crippen LogP contribution in [0.25, 0.3) is 0 Å². The molecule has 0 amide bonds. The van der Waals surface area contributed by atoms with E-state index >= 15 is 0 Å². The van der Waals surface area contributed by atoms with Gasteiger partial charge in [0.1, 0.15) is 5.76 Å². The largest absolute Gasteiger partial charge is 0.468 e. The molecule has 15 heavy (non-hydrogen) atoms. The second-order valence-electron chi connectivity index (χ2n) is 3.60. The molecule has 0 fully saturated rings. The van der Waals surface area contributed by atoms with Crippen LogP contribution in [-0.2, 0) is 6.54 Å². The van der Waals surface area contributed by atoms with E-state index in [1.54, 1.807) is 6.26 Å². The van der Waals surface area contributed by atoms with Gasteiger partial charge in [0, 0.05) is 6.54 Å². The van der Waals surface area contributed by atoms with E-state index in [0.29, 0.717) is 0 Å². The van der Waals surface area contributed by atoms with E-state index < -0.39 is 0 Å². The van der Waals surface area contributed by atoms with Gasteiger partial charge in [-0.05, 0) is 24.6 Å². The third kappa shape index (κ3) is 2.70. The third-order valence-corrected chi connectivity index (χ3v) is 2.43. The fourth-order valence-corrected chi connectivity index (χ4v) is 1.51. The Labute approximate surface area is 89.9 Å². The Hall–Kier alpha value is -1.54. The van der Waals surface area contributed by atoms with Gasteiger partial charge in [0.15, 0.2) is 0 Å². The lowest BCUT2D eigenvalue weighted by atomic mass is 10.2. The summed E-state index contributed by atoms with van der Waals surface area (Å²) in [6.45, 7) is 2.96. The average molecular weight is 201 g/mol.